The molecule has 2 rings (SSSR count). The van der Waals surface area contributed by atoms with E-state index in [1.165, 1.54) is 28.6 Å². The third-order valence-corrected chi connectivity index (χ3v) is 5.65. The first-order chi connectivity index (χ1) is 10.8. The molecular formula is C16H18N2O4S. The smallest absolute Gasteiger partial charge is 0.258 e. The van der Waals surface area contributed by atoms with Crippen LogP contribution in [-0.2, 0) is 15.8 Å². The molecule has 0 spiro atoms. The van der Waals surface area contributed by atoms with Crippen LogP contribution in [0, 0.1) is 10.1 Å². The average molecular weight is 334 g/mol. The highest BCUT2D eigenvalue weighted by Crippen LogP contribution is 2.23. The monoisotopic (exact) mass is 334 g/mol. The van der Waals surface area contributed by atoms with Gasteiger partial charge in [0.25, 0.3) is 5.69 Å². The zero-order chi connectivity index (χ0) is 17.0. The minimum absolute atomic E-state index is 0.0582. The van der Waals surface area contributed by atoms with Crippen molar-refractivity contribution in [3.05, 3.63) is 75.8 Å². The van der Waals surface area contributed by atoms with Crippen LogP contribution >= 0.6 is 0 Å². The molecule has 0 aliphatic heterocycles. The third-order valence-electron chi connectivity index (χ3n) is 3.76. The standard InChI is InChI=1S/C16H18N2O4S/c1-13(15-6-4-3-5-7-15)17(2)23(21,22)12-14-8-10-16(11-9-14)18(19)20/h3-11,13H,12H2,1-2H3. The zero-order valence-corrected chi connectivity index (χ0v) is 13.7. The maximum absolute atomic E-state index is 12.5. The van der Waals surface area contributed by atoms with E-state index in [1.807, 2.05) is 37.3 Å². The molecule has 0 N–H and O–H groups in total. The van der Waals surface area contributed by atoms with Crippen LogP contribution in [0.25, 0.3) is 0 Å². The molecule has 0 aromatic heterocycles. The molecule has 0 bridgehead atoms. The van der Waals surface area contributed by atoms with Crippen molar-refractivity contribution in [1.29, 1.82) is 0 Å². The van der Waals surface area contributed by atoms with Gasteiger partial charge in [0.15, 0.2) is 0 Å². The summed E-state index contributed by atoms with van der Waals surface area (Å²) in [5.41, 5.74) is 1.36. The first-order valence-electron chi connectivity index (χ1n) is 7.05. The lowest BCUT2D eigenvalue weighted by Crippen LogP contribution is -2.30. The molecule has 1 atom stereocenters. The average Bonchev–Trinajstić information content (AvgIpc) is 2.54. The number of benzene rings is 2. The Labute approximate surface area is 135 Å². The van der Waals surface area contributed by atoms with Gasteiger partial charge in [-0.05, 0) is 18.1 Å². The van der Waals surface area contributed by atoms with Crippen molar-refractivity contribution in [3.63, 3.8) is 0 Å². The quantitative estimate of drug-likeness (QED) is 0.600. The Morgan fingerprint density at radius 1 is 1.09 bits per heavy atom. The Bertz CT molecular complexity index is 773. The summed E-state index contributed by atoms with van der Waals surface area (Å²) in [5.74, 6) is -0.196. The molecule has 0 saturated carbocycles. The van der Waals surface area contributed by atoms with Gasteiger partial charge in [0.05, 0.1) is 10.7 Å². The summed E-state index contributed by atoms with van der Waals surface area (Å²) < 4.78 is 26.4. The molecular weight excluding hydrogens is 316 g/mol. The van der Waals surface area contributed by atoms with Crippen molar-refractivity contribution in [2.75, 3.05) is 7.05 Å². The first-order valence-corrected chi connectivity index (χ1v) is 8.66. The molecule has 7 heteroatoms. The molecule has 0 saturated heterocycles. The van der Waals surface area contributed by atoms with Crippen molar-refractivity contribution in [1.82, 2.24) is 4.31 Å². The number of nitro benzene ring substituents is 1. The van der Waals surface area contributed by atoms with E-state index in [2.05, 4.69) is 0 Å². The Morgan fingerprint density at radius 2 is 1.65 bits per heavy atom. The van der Waals surface area contributed by atoms with Gasteiger partial charge in [-0.25, -0.2) is 8.42 Å². The lowest BCUT2D eigenvalue weighted by Gasteiger charge is -2.24. The van der Waals surface area contributed by atoms with Gasteiger partial charge in [0.1, 0.15) is 0 Å². The molecule has 0 aliphatic carbocycles. The van der Waals surface area contributed by atoms with Gasteiger partial charge in [-0.15, -0.1) is 0 Å². The predicted molar refractivity (Wildman–Crippen MR) is 88.3 cm³/mol. The van der Waals surface area contributed by atoms with Crippen LogP contribution in [0.2, 0.25) is 0 Å². The molecule has 6 nitrogen and oxygen atoms in total. The van der Waals surface area contributed by atoms with Gasteiger partial charge in [-0.3, -0.25) is 10.1 Å². The lowest BCUT2D eigenvalue weighted by molar-refractivity contribution is -0.384. The molecule has 1 unspecified atom stereocenters. The molecule has 0 amide bonds. The molecule has 2 aromatic carbocycles. The van der Waals surface area contributed by atoms with Crippen LogP contribution in [0.5, 0.6) is 0 Å². The number of non-ortho nitro benzene ring substituents is 1. The van der Waals surface area contributed by atoms with E-state index in [0.717, 1.165) is 5.56 Å². The van der Waals surface area contributed by atoms with Gasteiger partial charge >= 0.3 is 0 Å². The number of nitrogens with zero attached hydrogens (tertiary/aromatic N) is 2. The summed E-state index contributed by atoms with van der Waals surface area (Å²) >= 11 is 0. The molecule has 0 fully saturated rings. The predicted octanol–water partition coefficient (Wildman–Crippen LogP) is 3.12. The van der Waals surface area contributed by atoms with E-state index < -0.39 is 14.9 Å². The maximum Gasteiger partial charge on any atom is 0.269 e. The van der Waals surface area contributed by atoms with Gasteiger partial charge in [0.2, 0.25) is 10.0 Å². The summed E-state index contributed by atoms with van der Waals surface area (Å²) in [4.78, 5) is 10.1. The second kappa shape index (κ2) is 6.89. The van der Waals surface area contributed by atoms with Gasteiger partial charge < -0.3 is 0 Å². The van der Waals surface area contributed by atoms with Crippen molar-refractivity contribution in [3.8, 4) is 0 Å². The Morgan fingerprint density at radius 3 is 2.17 bits per heavy atom. The van der Waals surface area contributed by atoms with E-state index in [0.29, 0.717) is 5.56 Å². The number of nitro groups is 1. The SMILES string of the molecule is CC(c1ccccc1)N(C)S(=O)(=O)Cc1ccc([N+](=O)[O-])cc1. The van der Waals surface area contributed by atoms with Crippen LogP contribution in [-0.4, -0.2) is 24.7 Å². The highest BCUT2D eigenvalue weighted by atomic mass is 32.2. The van der Waals surface area contributed by atoms with E-state index in [9.17, 15) is 18.5 Å². The summed E-state index contributed by atoms with van der Waals surface area (Å²) in [5, 5.41) is 10.6. The Hall–Kier alpha value is -2.25. The molecule has 0 heterocycles. The Kier molecular flexibility index (Phi) is 5.12. The first kappa shape index (κ1) is 17.1. The Balaban J connectivity index is 2.16. The van der Waals surface area contributed by atoms with Crippen LogP contribution in [0.3, 0.4) is 0 Å². The highest BCUT2D eigenvalue weighted by molar-refractivity contribution is 7.88. The fourth-order valence-electron chi connectivity index (χ4n) is 2.21. The van der Waals surface area contributed by atoms with Gasteiger partial charge in [-0.1, -0.05) is 42.5 Å². The van der Waals surface area contributed by atoms with Crippen LogP contribution in [0.15, 0.2) is 54.6 Å². The van der Waals surface area contributed by atoms with Crippen molar-refractivity contribution in [2.45, 2.75) is 18.7 Å². The van der Waals surface area contributed by atoms with E-state index in [1.54, 1.807) is 7.05 Å². The minimum Gasteiger partial charge on any atom is -0.258 e. The molecule has 0 aliphatic rings. The van der Waals surface area contributed by atoms with Crippen molar-refractivity contribution >= 4 is 15.7 Å². The second-order valence-electron chi connectivity index (χ2n) is 5.28. The largest absolute Gasteiger partial charge is 0.269 e. The normalized spacial score (nSPS) is 13.0. The fourth-order valence-corrected chi connectivity index (χ4v) is 3.63. The molecule has 23 heavy (non-hydrogen) atoms. The number of rotatable bonds is 6. The summed E-state index contributed by atoms with van der Waals surface area (Å²) in [6.07, 6.45) is 0. The maximum atomic E-state index is 12.5. The van der Waals surface area contributed by atoms with Crippen molar-refractivity contribution < 1.29 is 13.3 Å². The van der Waals surface area contributed by atoms with Crippen LogP contribution < -0.4 is 0 Å². The van der Waals surface area contributed by atoms with Crippen molar-refractivity contribution in [2.24, 2.45) is 0 Å². The summed E-state index contributed by atoms with van der Waals surface area (Å²) in [6.45, 7) is 1.82. The minimum atomic E-state index is -3.53. The zero-order valence-electron chi connectivity index (χ0n) is 12.9. The topological polar surface area (TPSA) is 80.5 Å². The number of hydrogen-bond donors (Lipinski definition) is 0. The summed E-state index contributed by atoms with van der Waals surface area (Å²) in [7, 11) is -1.99. The van der Waals surface area contributed by atoms with Gasteiger partial charge in [0, 0.05) is 25.2 Å². The third kappa shape index (κ3) is 4.14. The summed E-state index contributed by atoms with van der Waals surface area (Å²) in [6, 6.07) is 14.6. The number of hydrogen-bond acceptors (Lipinski definition) is 4. The molecule has 2 aromatic rings. The molecule has 122 valence electrons. The fraction of sp³-hybridized carbons (Fsp3) is 0.250. The van der Waals surface area contributed by atoms with E-state index >= 15 is 0 Å². The van der Waals surface area contributed by atoms with Crippen LogP contribution in [0.4, 0.5) is 5.69 Å². The van der Waals surface area contributed by atoms with E-state index in [-0.39, 0.29) is 17.5 Å². The highest BCUT2D eigenvalue weighted by Gasteiger charge is 2.24. The second-order valence-corrected chi connectivity index (χ2v) is 7.31. The number of sulfonamides is 1. The van der Waals surface area contributed by atoms with Gasteiger partial charge in [-0.2, -0.15) is 4.31 Å². The van der Waals surface area contributed by atoms with Crippen LogP contribution in [0.1, 0.15) is 24.1 Å². The lowest BCUT2D eigenvalue weighted by atomic mass is 10.1. The van der Waals surface area contributed by atoms with E-state index in [4.69, 9.17) is 0 Å². The molecule has 0 radical (unpaired) electrons.